The maximum Gasteiger partial charge on any atom is 0.257 e. The van der Waals surface area contributed by atoms with Crippen molar-refractivity contribution in [3.63, 3.8) is 0 Å². The Morgan fingerprint density at radius 3 is 2.69 bits per heavy atom. The number of benzene rings is 2. The summed E-state index contributed by atoms with van der Waals surface area (Å²) < 4.78 is 5.31. The van der Waals surface area contributed by atoms with Gasteiger partial charge < -0.3 is 4.74 Å². The molecule has 0 fully saturated rings. The molecule has 0 saturated carbocycles. The Bertz CT molecular complexity index is 932. The van der Waals surface area contributed by atoms with Crippen LogP contribution in [-0.2, 0) is 6.42 Å². The van der Waals surface area contributed by atoms with Crippen LogP contribution in [0.3, 0.4) is 0 Å². The standard InChI is InChI=1S/C20H19N3O2S/c1-4-5-15-12-16(10-11-17(15)25-3)18(24)21-20-23-22-19(26-20)14-8-6-13(2)7-9-14/h4,6-12H,1,5H2,2-3H3,(H,21,23,24). The number of hydrogen-bond acceptors (Lipinski definition) is 5. The normalized spacial score (nSPS) is 10.4. The Kier molecular flexibility index (Phi) is 5.43. The van der Waals surface area contributed by atoms with Crippen molar-refractivity contribution in [3.8, 4) is 16.3 Å². The van der Waals surface area contributed by atoms with Gasteiger partial charge in [0.05, 0.1) is 7.11 Å². The number of nitrogens with one attached hydrogen (secondary N) is 1. The second kappa shape index (κ2) is 7.93. The number of amides is 1. The van der Waals surface area contributed by atoms with E-state index < -0.39 is 0 Å². The molecule has 5 nitrogen and oxygen atoms in total. The number of hydrogen-bond donors (Lipinski definition) is 1. The van der Waals surface area contributed by atoms with Gasteiger partial charge in [-0.3, -0.25) is 10.1 Å². The highest BCUT2D eigenvalue weighted by molar-refractivity contribution is 7.18. The van der Waals surface area contributed by atoms with Crippen LogP contribution >= 0.6 is 11.3 Å². The lowest BCUT2D eigenvalue weighted by atomic mass is 10.1. The molecule has 0 bridgehead atoms. The van der Waals surface area contributed by atoms with Crippen molar-refractivity contribution in [1.82, 2.24) is 10.2 Å². The highest BCUT2D eigenvalue weighted by atomic mass is 32.1. The van der Waals surface area contributed by atoms with Crippen LogP contribution in [0.1, 0.15) is 21.5 Å². The van der Waals surface area contributed by atoms with E-state index in [2.05, 4.69) is 22.1 Å². The van der Waals surface area contributed by atoms with Crippen molar-refractivity contribution >= 4 is 22.4 Å². The molecule has 0 aliphatic heterocycles. The molecular formula is C20H19N3O2S. The molecule has 6 heteroatoms. The molecule has 0 spiro atoms. The number of anilines is 1. The second-order valence-corrected chi connectivity index (χ2v) is 6.73. The van der Waals surface area contributed by atoms with E-state index >= 15 is 0 Å². The maximum atomic E-state index is 12.5. The molecule has 1 amide bonds. The van der Waals surface area contributed by atoms with E-state index in [4.69, 9.17) is 4.74 Å². The third-order valence-corrected chi connectivity index (χ3v) is 4.74. The number of carbonyl (C=O) groups excluding carboxylic acids is 1. The van der Waals surface area contributed by atoms with Gasteiger partial charge in [0.2, 0.25) is 5.13 Å². The van der Waals surface area contributed by atoms with Crippen molar-refractivity contribution in [2.75, 3.05) is 12.4 Å². The summed E-state index contributed by atoms with van der Waals surface area (Å²) in [6, 6.07) is 13.3. The summed E-state index contributed by atoms with van der Waals surface area (Å²) in [4.78, 5) is 12.5. The molecule has 2 aromatic carbocycles. The van der Waals surface area contributed by atoms with Crippen LogP contribution in [-0.4, -0.2) is 23.2 Å². The van der Waals surface area contributed by atoms with Crippen molar-refractivity contribution in [2.24, 2.45) is 0 Å². The quantitative estimate of drug-likeness (QED) is 0.653. The first-order valence-corrected chi connectivity index (χ1v) is 8.92. The van der Waals surface area contributed by atoms with Crippen LogP contribution in [0, 0.1) is 6.92 Å². The molecule has 3 aromatic rings. The highest BCUT2D eigenvalue weighted by Gasteiger charge is 2.13. The molecule has 132 valence electrons. The van der Waals surface area contributed by atoms with E-state index in [0.29, 0.717) is 17.1 Å². The fourth-order valence-corrected chi connectivity index (χ4v) is 3.23. The fraction of sp³-hybridized carbons (Fsp3) is 0.150. The topological polar surface area (TPSA) is 64.1 Å². The predicted molar refractivity (Wildman–Crippen MR) is 105 cm³/mol. The zero-order valence-electron chi connectivity index (χ0n) is 14.7. The number of aryl methyl sites for hydroxylation is 1. The molecule has 0 atom stereocenters. The molecule has 3 rings (SSSR count). The number of nitrogens with zero attached hydrogens (tertiary/aromatic N) is 2. The van der Waals surface area contributed by atoms with Crippen LogP contribution in [0.4, 0.5) is 5.13 Å². The van der Waals surface area contributed by atoms with Crippen molar-refractivity contribution in [2.45, 2.75) is 13.3 Å². The molecule has 1 aromatic heterocycles. The Labute approximate surface area is 156 Å². The van der Waals surface area contributed by atoms with Crippen molar-refractivity contribution < 1.29 is 9.53 Å². The van der Waals surface area contributed by atoms with Gasteiger partial charge in [0.25, 0.3) is 5.91 Å². The summed E-state index contributed by atoms with van der Waals surface area (Å²) >= 11 is 1.34. The second-order valence-electron chi connectivity index (χ2n) is 5.75. The zero-order valence-corrected chi connectivity index (χ0v) is 15.5. The van der Waals surface area contributed by atoms with E-state index in [1.165, 1.54) is 16.9 Å². The van der Waals surface area contributed by atoms with E-state index in [9.17, 15) is 4.79 Å². The molecule has 0 aliphatic carbocycles. The lowest BCUT2D eigenvalue weighted by Gasteiger charge is -2.09. The van der Waals surface area contributed by atoms with E-state index in [1.54, 1.807) is 31.4 Å². The van der Waals surface area contributed by atoms with Crippen molar-refractivity contribution in [3.05, 3.63) is 71.8 Å². The van der Waals surface area contributed by atoms with Gasteiger partial charge in [0, 0.05) is 11.1 Å². The zero-order chi connectivity index (χ0) is 18.5. The SMILES string of the molecule is C=CCc1cc(C(=O)Nc2nnc(-c3ccc(C)cc3)s2)ccc1OC. The van der Waals surface area contributed by atoms with Gasteiger partial charge >= 0.3 is 0 Å². The number of allylic oxidation sites excluding steroid dienone is 1. The monoisotopic (exact) mass is 365 g/mol. The predicted octanol–water partition coefficient (Wildman–Crippen LogP) is 4.50. The van der Waals surface area contributed by atoms with Gasteiger partial charge in [0.15, 0.2) is 0 Å². The van der Waals surface area contributed by atoms with Crippen LogP contribution < -0.4 is 10.1 Å². The maximum absolute atomic E-state index is 12.5. The molecule has 0 saturated heterocycles. The van der Waals surface area contributed by atoms with Gasteiger partial charge in [-0.1, -0.05) is 47.2 Å². The van der Waals surface area contributed by atoms with Crippen LogP contribution in [0.25, 0.3) is 10.6 Å². The molecule has 26 heavy (non-hydrogen) atoms. The van der Waals surface area contributed by atoms with Gasteiger partial charge in [-0.15, -0.1) is 16.8 Å². The summed E-state index contributed by atoms with van der Waals surface area (Å²) in [5, 5.41) is 12.3. The van der Waals surface area contributed by atoms with E-state index in [-0.39, 0.29) is 5.91 Å². The molecule has 0 radical (unpaired) electrons. The first kappa shape index (κ1) is 17.8. The van der Waals surface area contributed by atoms with Gasteiger partial charge in [-0.05, 0) is 37.1 Å². The number of rotatable bonds is 6. The third kappa shape index (κ3) is 3.97. The number of ether oxygens (including phenoxy) is 1. The number of methoxy groups -OCH3 is 1. The Balaban J connectivity index is 1.77. The van der Waals surface area contributed by atoms with Gasteiger partial charge in [0.1, 0.15) is 10.8 Å². The largest absolute Gasteiger partial charge is 0.496 e. The smallest absolute Gasteiger partial charge is 0.257 e. The lowest BCUT2D eigenvalue weighted by Crippen LogP contribution is -2.12. The summed E-state index contributed by atoms with van der Waals surface area (Å²) in [7, 11) is 1.61. The Morgan fingerprint density at radius 1 is 1.23 bits per heavy atom. The minimum Gasteiger partial charge on any atom is -0.496 e. The van der Waals surface area contributed by atoms with Crippen LogP contribution in [0.5, 0.6) is 5.75 Å². The summed E-state index contributed by atoms with van der Waals surface area (Å²) in [6.07, 6.45) is 2.40. The summed E-state index contributed by atoms with van der Waals surface area (Å²) in [5.74, 6) is 0.503. The Hall–Kier alpha value is -2.99. The average molecular weight is 365 g/mol. The van der Waals surface area contributed by atoms with Crippen LogP contribution in [0.2, 0.25) is 0 Å². The van der Waals surface area contributed by atoms with E-state index in [0.717, 1.165) is 21.9 Å². The number of carbonyl (C=O) groups is 1. The van der Waals surface area contributed by atoms with Gasteiger partial charge in [-0.2, -0.15) is 0 Å². The molecule has 0 aliphatic rings. The molecule has 1 N–H and O–H groups in total. The fourth-order valence-electron chi connectivity index (χ4n) is 2.49. The highest BCUT2D eigenvalue weighted by Crippen LogP contribution is 2.27. The van der Waals surface area contributed by atoms with Gasteiger partial charge in [-0.25, -0.2) is 0 Å². The first-order chi connectivity index (χ1) is 12.6. The van der Waals surface area contributed by atoms with E-state index in [1.807, 2.05) is 31.2 Å². The first-order valence-electron chi connectivity index (χ1n) is 8.10. The lowest BCUT2D eigenvalue weighted by molar-refractivity contribution is 0.102. The molecular weight excluding hydrogens is 346 g/mol. The summed E-state index contributed by atoms with van der Waals surface area (Å²) in [6.45, 7) is 5.77. The minimum atomic E-state index is -0.232. The molecule has 0 unspecified atom stereocenters. The Morgan fingerprint density at radius 2 is 2.00 bits per heavy atom. The molecule has 1 heterocycles. The summed E-state index contributed by atoms with van der Waals surface area (Å²) in [5.41, 5.74) is 3.61. The third-order valence-electron chi connectivity index (χ3n) is 3.85. The average Bonchev–Trinajstić information content (AvgIpc) is 3.11. The van der Waals surface area contributed by atoms with Crippen molar-refractivity contribution in [1.29, 1.82) is 0 Å². The number of aromatic nitrogens is 2. The van der Waals surface area contributed by atoms with Crippen LogP contribution in [0.15, 0.2) is 55.1 Å². The minimum absolute atomic E-state index is 0.232.